The van der Waals surface area contributed by atoms with E-state index in [4.69, 9.17) is 9.47 Å². The molecule has 0 spiro atoms. The first kappa shape index (κ1) is 19.4. The number of aliphatic hydroxyl groups excluding tert-OH is 1. The Balaban J connectivity index is 1.42. The van der Waals surface area contributed by atoms with Crippen LogP contribution < -0.4 is 4.74 Å². The number of aromatic nitrogens is 1. The van der Waals surface area contributed by atoms with Crippen molar-refractivity contribution in [2.75, 3.05) is 20.2 Å². The van der Waals surface area contributed by atoms with Gasteiger partial charge in [0.05, 0.1) is 18.8 Å². The molecule has 1 aliphatic heterocycles. The Hall–Kier alpha value is -2.93. The van der Waals surface area contributed by atoms with Gasteiger partial charge in [-0.3, -0.25) is 9.78 Å². The number of amides is 1. The molecule has 2 aliphatic rings. The van der Waals surface area contributed by atoms with Crippen molar-refractivity contribution in [1.82, 2.24) is 9.88 Å². The molecule has 1 saturated carbocycles. The molecule has 152 valence electrons. The maximum absolute atomic E-state index is 12.7. The van der Waals surface area contributed by atoms with Gasteiger partial charge in [-0.15, -0.1) is 0 Å². The lowest BCUT2D eigenvalue weighted by molar-refractivity contribution is -0.0231. The van der Waals surface area contributed by atoms with E-state index < -0.39 is 12.1 Å². The van der Waals surface area contributed by atoms with Crippen molar-refractivity contribution in [3.8, 4) is 5.75 Å². The summed E-state index contributed by atoms with van der Waals surface area (Å²) in [5.74, 6) is 0.633. The first-order valence-corrected chi connectivity index (χ1v) is 9.77. The zero-order chi connectivity index (χ0) is 20.4. The van der Waals surface area contributed by atoms with Gasteiger partial charge in [0.25, 0.3) is 5.91 Å². The van der Waals surface area contributed by atoms with E-state index in [9.17, 15) is 14.7 Å². The predicted molar refractivity (Wildman–Crippen MR) is 105 cm³/mol. The third-order valence-electron chi connectivity index (χ3n) is 5.84. The number of fused-ring (bicyclic) bond motifs is 1. The van der Waals surface area contributed by atoms with Crippen LogP contribution in [-0.4, -0.2) is 59.3 Å². The lowest BCUT2D eigenvalue weighted by Gasteiger charge is -2.35. The van der Waals surface area contributed by atoms with Gasteiger partial charge in [0, 0.05) is 31.0 Å². The highest BCUT2D eigenvalue weighted by Crippen LogP contribution is 2.38. The molecule has 1 N–H and O–H groups in total. The topological polar surface area (TPSA) is 89.0 Å². The Bertz CT molecular complexity index is 888. The van der Waals surface area contributed by atoms with Gasteiger partial charge in [0.2, 0.25) is 0 Å². The molecule has 1 amide bonds. The fourth-order valence-electron chi connectivity index (χ4n) is 4.35. The molecular formula is C22H24N2O5. The second-order valence-electron chi connectivity index (χ2n) is 7.68. The number of aliphatic hydroxyl groups is 1. The average Bonchev–Trinajstić information content (AvgIpc) is 3.16. The van der Waals surface area contributed by atoms with Crippen LogP contribution in [0.15, 0.2) is 48.8 Å². The van der Waals surface area contributed by atoms with E-state index in [0.29, 0.717) is 42.8 Å². The fourth-order valence-corrected chi connectivity index (χ4v) is 4.35. The summed E-state index contributed by atoms with van der Waals surface area (Å²) in [6.07, 6.45) is 3.49. The van der Waals surface area contributed by atoms with Crippen molar-refractivity contribution in [3.63, 3.8) is 0 Å². The molecule has 1 aliphatic carbocycles. The Morgan fingerprint density at radius 2 is 1.79 bits per heavy atom. The molecule has 29 heavy (non-hydrogen) atoms. The Kier molecular flexibility index (Phi) is 5.49. The van der Waals surface area contributed by atoms with Crippen LogP contribution >= 0.6 is 0 Å². The molecular weight excluding hydrogens is 372 g/mol. The van der Waals surface area contributed by atoms with Crippen LogP contribution in [0, 0.1) is 11.8 Å². The van der Waals surface area contributed by atoms with Gasteiger partial charge in [-0.2, -0.15) is 0 Å². The standard InChI is InChI=1S/C22H24N2O5/c1-28-22(27)15-3-2-4-18(9-15)29-20-11-17-13-24(12-16(17)10-19(20)25)21(26)14-5-7-23-8-6-14/h2-9,16-17,19-20,25H,10-13H2,1H3/t16-,17+,19+,20+/m0/s1. The van der Waals surface area contributed by atoms with Crippen LogP contribution in [0.3, 0.4) is 0 Å². The monoisotopic (exact) mass is 396 g/mol. The van der Waals surface area contributed by atoms with Gasteiger partial charge in [-0.05, 0) is 55.0 Å². The van der Waals surface area contributed by atoms with Crippen molar-refractivity contribution in [2.24, 2.45) is 11.8 Å². The van der Waals surface area contributed by atoms with Gasteiger partial charge < -0.3 is 19.5 Å². The maximum atomic E-state index is 12.7. The summed E-state index contributed by atoms with van der Waals surface area (Å²) in [4.78, 5) is 30.3. The zero-order valence-electron chi connectivity index (χ0n) is 16.2. The second-order valence-corrected chi connectivity index (χ2v) is 7.68. The third-order valence-corrected chi connectivity index (χ3v) is 5.84. The smallest absolute Gasteiger partial charge is 0.337 e. The van der Waals surface area contributed by atoms with E-state index in [1.165, 1.54) is 7.11 Å². The Labute approximate surface area is 169 Å². The number of nitrogens with zero attached hydrogens (tertiary/aromatic N) is 2. The van der Waals surface area contributed by atoms with Crippen molar-refractivity contribution in [1.29, 1.82) is 0 Å². The van der Waals surface area contributed by atoms with E-state index in [2.05, 4.69) is 4.98 Å². The van der Waals surface area contributed by atoms with E-state index >= 15 is 0 Å². The van der Waals surface area contributed by atoms with Crippen LogP contribution in [-0.2, 0) is 4.74 Å². The molecule has 0 unspecified atom stereocenters. The summed E-state index contributed by atoms with van der Waals surface area (Å²) >= 11 is 0. The predicted octanol–water partition coefficient (Wildman–Crippen LogP) is 2.16. The molecule has 2 heterocycles. The van der Waals surface area contributed by atoms with Crippen molar-refractivity contribution in [2.45, 2.75) is 25.0 Å². The molecule has 4 atom stereocenters. The molecule has 1 aromatic heterocycles. The molecule has 1 saturated heterocycles. The molecule has 7 nitrogen and oxygen atoms in total. The van der Waals surface area contributed by atoms with E-state index in [-0.39, 0.29) is 23.8 Å². The highest BCUT2D eigenvalue weighted by molar-refractivity contribution is 5.94. The summed E-state index contributed by atoms with van der Waals surface area (Å²) < 4.78 is 10.8. The van der Waals surface area contributed by atoms with Crippen LogP contribution in [0.4, 0.5) is 0 Å². The third kappa shape index (κ3) is 4.10. The number of benzene rings is 1. The number of likely N-dealkylation sites (tertiary alicyclic amines) is 1. The summed E-state index contributed by atoms with van der Waals surface area (Å²) in [5, 5.41) is 10.6. The zero-order valence-corrected chi connectivity index (χ0v) is 16.2. The minimum absolute atomic E-state index is 0.000428. The maximum Gasteiger partial charge on any atom is 0.337 e. The molecule has 7 heteroatoms. The minimum Gasteiger partial charge on any atom is -0.488 e. The number of ether oxygens (including phenoxy) is 2. The van der Waals surface area contributed by atoms with E-state index in [1.807, 2.05) is 4.90 Å². The van der Waals surface area contributed by atoms with E-state index in [1.54, 1.807) is 48.8 Å². The largest absolute Gasteiger partial charge is 0.488 e. The van der Waals surface area contributed by atoms with Gasteiger partial charge in [-0.1, -0.05) is 6.07 Å². The number of methoxy groups -OCH3 is 1. The van der Waals surface area contributed by atoms with Crippen molar-refractivity contribution >= 4 is 11.9 Å². The highest BCUT2D eigenvalue weighted by Gasteiger charge is 2.44. The van der Waals surface area contributed by atoms with Crippen LogP contribution in [0.1, 0.15) is 33.6 Å². The first-order chi connectivity index (χ1) is 14.0. The molecule has 2 aromatic rings. The Morgan fingerprint density at radius 1 is 1.07 bits per heavy atom. The molecule has 1 aromatic carbocycles. The number of esters is 1. The molecule has 2 fully saturated rings. The van der Waals surface area contributed by atoms with E-state index in [0.717, 1.165) is 0 Å². The highest BCUT2D eigenvalue weighted by atomic mass is 16.5. The number of hydrogen-bond donors (Lipinski definition) is 1. The van der Waals surface area contributed by atoms with Crippen molar-refractivity contribution in [3.05, 3.63) is 59.9 Å². The fraction of sp³-hybridized carbons (Fsp3) is 0.409. The lowest BCUT2D eigenvalue weighted by Crippen LogP contribution is -2.42. The van der Waals surface area contributed by atoms with Gasteiger partial charge in [-0.25, -0.2) is 4.79 Å². The molecule has 0 bridgehead atoms. The lowest BCUT2D eigenvalue weighted by atomic mass is 9.78. The SMILES string of the molecule is COC(=O)c1cccc(O[C@@H]2C[C@@H]3CN(C(=O)c4ccncc4)C[C@@H]3C[C@H]2O)c1. The average molecular weight is 396 g/mol. The van der Waals surface area contributed by atoms with Crippen LogP contribution in [0.2, 0.25) is 0 Å². The second kappa shape index (κ2) is 8.21. The number of carbonyl (C=O) groups excluding carboxylic acids is 2. The summed E-state index contributed by atoms with van der Waals surface area (Å²) in [5.41, 5.74) is 1.04. The normalized spacial score (nSPS) is 25.9. The van der Waals surface area contributed by atoms with Gasteiger partial charge in [0.15, 0.2) is 0 Å². The Morgan fingerprint density at radius 3 is 2.52 bits per heavy atom. The minimum atomic E-state index is -0.617. The summed E-state index contributed by atoms with van der Waals surface area (Å²) in [6, 6.07) is 10.2. The summed E-state index contributed by atoms with van der Waals surface area (Å²) in [7, 11) is 1.33. The van der Waals surface area contributed by atoms with Gasteiger partial charge in [0.1, 0.15) is 11.9 Å². The quantitative estimate of drug-likeness (QED) is 0.797. The first-order valence-electron chi connectivity index (χ1n) is 9.77. The van der Waals surface area contributed by atoms with Gasteiger partial charge >= 0.3 is 5.97 Å². The van der Waals surface area contributed by atoms with Crippen LogP contribution in [0.5, 0.6) is 5.75 Å². The van der Waals surface area contributed by atoms with Crippen LogP contribution in [0.25, 0.3) is 0 Å². The number of carbonyl (C=O) groups is 2. The summed E-state index contributed by atoms with van der Waals surface area (Å²) in [6.45, 7) is 1.30. The number of hydrogen-bond acceptors (Lipinski definition) is 6. The van der Waals surface area contributed by atoms with Crippen molar-refractivity contribution < 1.29 is 24.2 Å². The number of pyridine rings is 1. The number of rotatable bonds is 4. The molecule has 0 radical (unpaired) electrons. The molecule has 4 rings (SSSR count).